The lowest BCUT2D eigenvalue weighted by Gasteiger charge is -2.26. The Labute approximate surface area is 149 Å². The molecular weight excluding hydrogens is 330 g/mol. The van der Waals surface area contributed by atoms with Crippen molar-refractivity contribution in [2.75, 3.05) is 52.5 Å². The number of morpholine rings is 1. The first-order valence-corrected chi connectivity index (χ1v) is 8.67. The number of nitrogens with one attached hydrogen (secondary N) is 2. The molecule has 1 unspecified atom stereocenters. The number of rotatable bonds is 6. The zero-order valence-corrected chi connectivity index (χ0v) is 14.9. The summed E-state index contributed by atoms with van der Waals surface area (Å²) in [5.41, 5.74) is 0.516. The minimum Gasteiger partial charge on any atom is -0.379 e. The SMILES string of the molecule is Cl.O=C(NCCCN1CCOCC1)c1ccn(C2CCCNC2)n1. The molecule has 1 atom stereocenters. The molecule has 2 saturated heterocycles. The average molecular weight is 358 g/mol. The number of amides is 1. The fourth-order valence-electron chi connectivity index (χ4n) is 3.14. The Morgan fingerprint density at radius 2 is 2.25 bits per heavy atom. The van der Waals surface area contributed by atoms with Crippen LogP contribution in [-0.2, 0) is 4.74 Å². The topological polar surface area (TPSA) is 71.4 Å². The Balaban J connectivity index is 0.00000208. The summed E-state index contributed by atoms with van der Waals surface area (Å²) in [7, 11) is 0. The van der Waals surface area contributed by atoms with Crippen LogP contribution in [0.15, 0.2) is 12.3 Å². The second-order valence-electron chi connectivity index (χ2n) is 6.24. The lowest BCUT2D eigenvalue weighted by molar-refractivity contribution is 0.0374. The Morgan fingerprint density at radius 1 is 1.42 bits per heavy atom. The first-order chi connectivity index (χ1) is 11.3. The Bertz CT molecular complexity index is 498. The predicted molar refractivity (Wildman–Crippen MR) is 94.8 cm³/mol. The molecule has 3 rings (SSSR count). The lowest BCUT2D eigenvalue weighted by atomic mass is 10.1. The van der Waals surface area contributed by atoms with Crippen molar-refractivity contribution in [3.8, 4) is 0 Å². The van der Waals surface area contributed by atoms with Crippen LogP contribution in [0.25, 0.3) is 0 Å². The van der Waals surface area contributed by atoms with E-state index < -0.39 is 0 Å². The summed E-state index contributed by atoms with van der Waals surface area (Å²) >= 11 is 0. The number of carbonyl (C=O) groups is 1. The summed E-state index contributed by atoms with van der Waals surface area (Å²) in [4.78, 5) is 14.5. The number of carbonyl (C=O) groups excluding carboxylic acids is 1. The molecule has 0 aliphatic carbocycles. The monoisotopic (exact) mass is 357 g/mol. The van der Waals surface area contributed by atoms with Gasteiger partial charge >= 0.3 is 0 Å². The molecule has 3 heterocycles. The molecule has 8 heteroatoms. The Kier molecular flexibility index (Phi) is 7.98. The van der Waals surface area contributed by atoms with Crippen molar-refractivity contribution in [2.45, 2.75) is 25.3 Å². The van der Waals surface area contributed by atoms with Gasteiger partial charge in [0.15, 0.2) is 0 Å². The van der Waals surface area contributed by atoms with Crippen LogP contribution in [0, 0.1) is 0 Å². The van der Waals surface area contributed by atoms with Crippen molar-refractivity contribution >= 4 is 18.3 Å². The smallest absolute Gasteiger partial charge is 0.271 e. The number of aromatic nitrogens is 2. The van der Waals surface area contributed by atoms with Gasteiger partial charge in [0.05, 0.1) is 19.3 Å². The second-order valence-corrected chi connectivity index (χ2v) is 6.24. The minimum atomic E-state index is -0.0745. The van der Waals surface area contributed by atoms with Crippen molar-refractivity contribution in [1.29, 1.82) is 0 Å². The van der Waals surface area contributed by atoms with E-state index in [-0.39, 0.29) is 18.3 Å². The van der Waals surface area contributed by atoms with Crippen LogP contribution >= 0.6 is 12.4 Å². The van der Waals surface area contributed by atoms with E-state index in [1.54, 1.807) is 0 Å². The van der Waals surface area contributed by atoms with Gasteiger partial charge in [-0.25, -0.2) is 0 Å². The highest BCUT2D eigenvalue weighted by Crippen LogP contribution is 2.15. The quantitative estimate of drug-likeness (QED) is 0.733. The van der Waals surface area contributed by atoms with Gasteiger partial charge in [-0.1, -0.05) is 0 Å². The first-order valence-electron chi connectivity index (χ1n) is 8.67. The molecule has 2 aliphatic heterocycles. The molecule has 136 valence electrons. The number of halogens is 1. The highest BCUT2D eigenvalue weighted by Gasteiger charge is 2.17. The highest BCUT2D eigenvalue weighted by atomic mass is 35.5. The molecule has 0 saturated carbocycles. The number of hydrogen-bond acceptors (Lipinski definition) is 5. The maximum absolute atomic E-state index is 12.2. The van der Waals surface area contributed by atoms with Crippen molar-refractivity contribution in [1.82, 2.24) is 25.3 Å². The molecule has 2 N–H and O–H groups in total. The molecule has 24 heavy (non-hydrogen) atoms. The Morgan fingerprint density at radius 3 is 3.00 bits per heavy atom. The van der Waals surface area contributed by atoms with E-state index in [4.69, 9.17) is 4.74 Å². The van der Waals surface area contributed by atoms with Crippen LogP contribution in [-0.4, -0.2) is 73.1 Å². The van der Waals surface area contributed by atoms with E-state index >= 15 is 0 Å². The van der Waals surface area contributed by atoms with Gasteiger partial charge < -0.3 is 15.4 Å². The molecule has 0 spiro atoms. The third kappa shape index (κ3) is 5.44. The van der Waals surface area contributed by atoms with E-state index in [0.717, 1.165) is 65.2 Å². The Hall–Kier alpha value is -1.15. The maximum Gasteiger partial charge on any atom is 0.271 e. The molecule has 0 bridgehead atoms. The molecule has 1 aromatic heterocycles. The minimum absolute atomic E-state index is 0. The number of ether oxygens (including phenoxy) is 1. The van der Waals surface area contributed by atoms with Crippen molar-refractivity contribution in [3.63, 3.8) is 0 Å². The fourth-order valence-corrected chi connectivity index (χ4v) is 3.14. The first kappa shape index (κ1) is 19.2. The normalized spacial score (nSPS) is 21.9. The number of hydrogen-bond donors (Lipinski definition) is 2. The third-order valence-corrected chi connectivity index (χ3v) is 4.53. The lowest BCUT2D eigenvalue weighted by Crippen LogP contribution is -2.38. The molecule has 7 nitrogen and oxygen atoms in total. The zero-order valence-electron chi connectivity index (χ0n) is 14.1. The van der Waals surface area contributed by atoms with E-state index in [9.17, 15) is 4.79 Å². The van der Waals surface area contributed by atoms with E-state index in [2.05, 4.69) is 20.6 Å². The predicted octanol–water partition coefficient (Wildman–Crippen LogP) is 0.681. The maximum atomic E-state index is 12.2. The third-order valence-electron chi connectivity index (χ3n) is 4.53. The molecule has 0 aromatic carbocycles. The van der Waals surface area contributed by atoms with Crippen LogP contribution in [0.2, 0.25) is 0 Å². The van der Waals surface area contributed by atoms with Gasteiger partial charge in [0.25, 0.3) is 5.91 Å². The van der Waals surface area contributed by atoms with E-state index in [1.807, 2.05) is 16.9 Å². The summed E-state index contributed by atoms with van der Waals surface area (Å²) in [5.74, 6) is -0.0745. The largest absolute Gasteiger partial charge is 0.379 e. The van der Waals surface area contributed by atoms with Crippen molar-refractivity contribution < 1.29 is 9.53 Å². The van der Waals surface area contributed by atoms with Gasteiger partial charge in [0, 0.05) is 32.4 Å². The van der Waals surface area contributed by atoms with Crippen LogP contribution in [0.5, 0.6) is 0 Å². The van der Waals surface area contributed by atoms with Gasteiger partial charge in [0.2, 0.25) is 0 Å². The standard InChI is InChI=1S/C16H27N5O2.ClH/c22-16(18-6-2-7-20-9-11-23-12-10-20)15-4-8-21(19-15)14-3-1-5-17-13-14;/h4,8,14,17H,1-3,5-7,9-13H2,(H,18,22);1H. The van der Waals surface area contributed by atoms with Crippen molar-refractivity contribution in [2.24, 2.45) is 0 Å². The molecule has 0 radical (unpaired) electrons. The molecule has 2 fully saturated rings. The van der Waals surface area contributed by atoms with E-state index in [1.165, 1.54) is 0 Å². The zero-order chi connectivity index (χ0) is 15.9. The van der Waals surface area contributed by atoms with Crippen molar-refractivity contribution in [3.05, 3.63) is 18.0 Å². The molecule has 1 aromatic rings. The molecular formula is C16H28ClN5O2. The summed E-state index contributed by atoms with van der Waals surface area (Å²) in [6, 6.07) is 2.18. The average Bonchev–Trinajstić information content (AvgIpc) is 3.10. The second kappa shape index (κ2) is 9.98. The van der Waals surface area contributed by atoms with Crippen LogP contribution < -0.4 is 10.6 Å². The van der Waals surface area contributed by atoms with Gasteiger partial charge in [-0.3, -0.25) is 14.4 Å². The molecule has 1 amide bonds. The van der Waals surface area contributed by atoms with Crippen LogP contribution in [0.4, 0.5) is 0 Å². The highest BCUT2D eigenvalue weighted by molar-refractivity contribution is 5.92. The summed E-state index contributed by atoms with van der Waals surface area (Å²) in [6.45, 7) is 7.33. The van der Waals surface area contributed by atoms with Gasteiger partial charge in [-0.2, -0.15) is 5.10 Å². The number of nitrogens with zero attached hydrogens (tertiary/aromatic N) is 3. The van der Waals surface area contributed by atoms with Crippen LogP contribution in [0.3, 0.4) is 0 Å². The summed E-state index contributed by atoms with van der Waals surface area (Å²) in [5, 5.41) is 10.8. The van der Waals surface area contributed by atoms with Gasteiger partial charge in [-0.15, -0.1) is 12.4 Å². The van der Waals surface area contributed by atoms with Crippen LogP contribution in [0.1, 0.15) is 35.8 Å². The summed E-state index contributed by atoms with van der Waals surface area (Å²) < 4.78 is 7.25. The fraction of sp³-hybridized carbons (Fsp3) is 0.750. The van der Waals surface area contributed by atoms with E-state index in [0.29, 0.717) is 18.3 Å². The summed E-state index contributed by atoms with van der Waals surface area (Å²) in [6.07, 6.45) is 5.15. The van der Waals surface area contributed by atoms with Gasteiger partial charge in [-0.05, 0) is 38.4 Å². The molecule has 2 aliphatic rings. The number of piperidine rings is 1. The van der Waals surface area contributed by atoms with Gasteiger partial charge in [0.1, 0.15) is 5.69 Å².